The van der Waals surface area contributed by atoms with E-state index >= 15 is 0 Å². The number of benzene rings is 1. The molecule has 0 saturated heterocycles. The molecule has 0 aliphatic carbocycles. The fourth-order valence-electron chi connectivity index (χ4n) is 2.66. The lowest BCUT2D eigenvalue weighted by Gasteiger charge is -2.31. The highest BCUT2D eigenvalue weighted by atomic mass is 16.6. The van der Waals surface area contributed by atoms with Gasteiger partial charge in [-0.3, -0.25) is 0 Å². The molecule has 0 spiro atoms. The molecule has 0 fully saturated rings. The standard InChI is InChI=1S/C17H22N2O2/c1-5-14(19(6-2)7-3)17(4)16(20)21-15(18-17)13-11-9-8-10-12-13/h5,8-12H,6-7H2,1-4H3. The van der Waals surface area contributed by atoms with E-state index in [4.69, 9.17) is 4.74 Å². The Morgan fingerprint density at radius 1 is 1.29 bits per heavy atom. The molecule has 1 aliphatic heterocycles. The lowest BCUT2D eigenvalue weighted by molar-refractivity contribution is -0.137. The van der Waals surface area contributed by atoms with Gasteiger partial charge >= 0.3 is 5.97 Å². The van der Waals surface area contributed by atoms with Crippen LogP contribution < -0.4 is 0 Å². The average molecular weight is 286 g/mol. The number of hydrogen-bond donors (Lipinski definition) is 0. The van der Waals surface area contributed by atoms with E-state index in [1.54, 1.807) is 0 Å². The smallest absolute Gasteiger partial charge is 0.346 e. The summed E-state index contributed by atoms with van der Waals surface area (Å²) in [4.78, 5) is 19.1. The van der Waals surface area contributed by atoms with Gasteiger partial charge in [0, 0.05) is 24.4 Å². The second kappa shape index (κ2) is 6.12. The van der Waals surface area contributed by atoms with Crippen molar-refractivity contribution < 1.29 is 9.53 Å². The summed E-state index contributed by atoms with van der Waals surface area (Å²) in [5.41, 5.74) is 0.749. The highest BCUT2D eigenvalue weighted by Gasteiger charge is 2.46. The van der Waals surface area contributed by atoms with Crippen LogP contribution in [0.2, 0.25) is 0 Å². The van der Waals surface area contributed by atoms with Gasteiger partial charge in [-0.25, -0.2) is 9.79 Å². The van der Waals surface area contributed by atoms with Gasteiger partial charge in [0.2, 0.25) is 5.90 Å². The van der Waals surface area contributed by atoms with Gasteiger partial charge in [-0.2, -0.15) is 0 Å². The largest absolute Gasteiger partial charge is 0.405 e. The second-order valence-electron chi connectivity index (χ2n) is 5.09. The molecule has 1 heterocycles. The van der Waals surface area contributed by atoms with Crippen LogP contribution in [-0.2, 0) is 9.53 Å². The number of esters is 1. The van der Waals surface area contributed by atoms with Crippen molar-refractivity contribution in [1.29, 1.82) is 0 Å². The number of likely N-dealkylation sites (N-methyl/N-ethyl adjacent to an activating group) is 1. The Kier molecular flexibility index (Phi) is 4.46. The lowest BCUT2D eigenvalue weighted by Crippen LogP contribution is -2.41. The van der Waals surface area contributed by atoms with E-state index in [9.17, 15) is 4.79 Å². The summed E-state index contributed by atoms with van der Waals surface area (Å²) in [6, 6.07) is 9.52. The molecule has 1 aromatic rings. The van der Waals surface area contributed by atoms with Crippen molar-refractivity contribution in [2.24, 2.45) is 4.99 Å². The molecule has 1 unspecified atom stereocenters. The average Bonchev–Trinajstić information content (AvgIpc) is 2.82. The number of nitrogens with zero attached hydrogens (tertiary/aromatic N) is 2. The molecule has 1 aromatic carbocycles. The third-order valence-electron chi connectivity index (χ3n) is 3.81. The van der Waals surface area contributed by atoms with Gasteiger partial charge in [0.1, 0.15) is 0 Å². The summed E-state index contributed by atoms with van der Waals surface area (Å²) in [5, 5.41) is 0. The van der Waals surface area contributed by atoms with E-state index in [1.165, 1.54) is 0 Å². The molecule has 0 aromatic heterocycles. The van der Waals surface area contributed by atoms with Crippen LogP contribution in [0.15, 0.2) is 47.1 Å². The number of cyclic esters (lactones) is 1. The maximum absolute atomic E-state index is 12.4. The summed E-state index contributed by atoms with van der Waals surface area (Å²) in [6.07, 6.45) is 1.95. The molecule has 2 rings (SSSR count). The number of carbonyl (C=O) groups is 1. The molecular weight excluding hydrogens is 264 g/mol. The van der Waals surface area contributed by atoms with Gasteiger partial charge in [-0.15, -0.1) is 0 Å². The third kappa shape index (κ3) is 2.71. The number of ether oxygens (including phenoxy) is 1. The van der Waals surface area contributed by atoms with Crippen LogP contribution in [0.25, 0.3) is 0 Å². The first-order valence-corrected chi connectivity index (χ1v) is 7.36. The van der Waals surface area contributed by atoms with Crippen LogP contribution in [0.3, 0.4) is 0 Å². The number of aliphatic imine (C=N–C) groups is 1. The van der Waals surface area contributed by atoms with E-state index in [0.717, 1.165) is 24.4 Å². The van der Waals surface area contributed by atoms with Crippen molar-refractivity contribution >= 4 is 11.9 Å². The lowest BCUT2D eigenvalue weighted by atomic mass is 9.97. The second-order valence-corrected chi connectivity index (χ2v) is 5.09. The molecule has 21 heavy (non-hydrogen) atoms. The van der Waals surface area contributed by atoms with Gasteiger partial charge in [-0.05, 0) is 39.8 Å². The first-order valence-electron chi connectivity index (χ1n) is 7.36. The predicted octanol–water partition coefficient (Wildman–Crippen LogP) is 2.99. The molecule has 112 valence electrons. The zero-order valence-corrected chi connectivity index (χ0v) is 13.1. The Morgan fingerprint density at radius 3 is 2.43 bits per heavy atom. The Morgan fingerprint density at radius 2 is 1.90 bits per heavy atom. The zero-order chi connectivity index (χ0) is 15.5. The van der Waals surface area contributed by atoms with E-state index in [0.29, 0.717) is 5.90 Å². The highest BCUT2D eigenvalue weighted by molar-refractivity contribution is 6.09. The number of rotatable bonds is 5. The minimum atomic E-state index is -0.966. The van der Waals surface area contributed by atoms with Crippen LogP contribution >= 0.6 is 0 Å². The van der Waals surface area contributed by atoms with Crippen molar-refractivity contribution in [3.8, 4) is 0 Å². The maximum atomic E-state index is 12.4. The van der Waals surface area contributed by atoms with Crippen LogP contribution in [0, 0.1) is 0 Å². The quantitative estimate of drug-likeness (QED) is 0.781. The Hall–Kier alpha value is -2.10. The van der Waals surface area contributed by atoms with Gasteiger partial charge in [0.15, 0.2) is 5.54 Å². The first kappa shape index (κ1) is 15.3. The molecule has 0 amide bonds. The Bertz CT molecular complexity index is 574. The molecule has 0 saturated carbocycles. The first-order chi connectivity index (χ1) is 10.1. The molecule has 0 N–H and O–H groups in total. The zero-order valence-electron chi connectivity index (χ0n) is 13.1. The maximum Gasteiger partial charge on any atom is 0.346 e. The van der Waals surface area contributed by atoms with Crippen molar-refractivity contribution in [3.63, 3.8) is 0 Å². The number of allylic oxidation sites excluding steroid dienone is 1. The van der Waals surface area contributed by atoms with Gasteiger partial charge in [0.05, 0.1) is 0 Å². The summed E-state index contributed by atoms with van der Waals surface area (Å²) < 4.78 is 5.43. The Labute approximate surface area is 126 Å². The van der Waals surface area contributed by atoms with Crippen molar-refractivity contribution in [2.75, 3.05) is 13.1 Å². The number of hydrogen-bond acceptors (Lipinski definition) is 4. The van der Waals surface area contributed by atoms with Crippen LogP contribution in [-0.4, -0.2) is 35.4 Å². The SMILES string of the molecule is CC=C(N(CC)CC)C1(C)N=C(c2ccccc2)OC1=O. The number of carbonyl (C=O) groups excluding carboxylic acids is 1. The van der Waals surface area contributed by atoms with Crippen molar-refractivity contribution in [2.45, 2.75) is 33.2 Å². The van der Waals surface area contributed by atoms with Gasteiger partial charge in [0.25, 0.3) is 0 Å². The minimum Gasteiger partial charge on any atom is -0.405 e. The van der Waals surface area contributed by atoms with Crippen molar-refractivity contribution in [1.82, 2.24) is 4.90 Å². The van der Waals surface area contributed by atoms with E-state index in [-0.39, 0.29) is 5.97 Å². The molecule has 0 bridgehead atoms. The molecular formula is C17H22N2O2. The Balaban J connectivity index is 2.42. The van der Waals surface area contributed by atoms with Crippen molar-refractivity contribution in [3.05, 3.63) is 47.7 Å². The molecule has 1 aliphatic rings. The summed E-state index contributed by atoms with van der Waals surface area (Å²) in [5.74, 6) is 0.0796. The van der Waals surface area contributed by atoms with Crippen LogP contribution in [0.5, 0.6) is 0 Å². The summed E-state index contributed by atoms with van der Waals surface area (Å²) >= 11 is 0. The van der Waals surface area contributed by atoms with E-state index < -0.39 is 5.54 Å². The summed E-state index contributed by atoms with van der Waals surface area (Å²) in [7, 11) is 0. The van der Waals surface area contributed by atoms with Crippen LogP contribution in [0.4, 0.5) is 0 Å². The topological polar surface area (TPSA) is 41.9 Å². The summed E-state index contributed by atoms with van der Waals surface area (Å²) in [6.45, 7) is 9.54. The van der Waals surface area contributed by atoms with E-state index in [1.807, 2.05) is 50.3 Å². The third-order valence-corrected chi connectivity index (χ3v) is 3.81. The van der Waals surface area contributed by atoms with Crippen LogP contribution in [0.1, 0.15) is 33.3 Å². The van der Waals surface area contributed by atoms with Gasteiger partial charge < -0.3 is 9.64 Å². The molecule has 0 radical (unpaired) electrons. The fraction of sp³-hybridized carbons (Fsp3) is 0.412. The fourth-order valence-corrected chi connectivity index (χ4v) is 2.66. The predicted molar refractivity (Wildman–Crippen MR) is 84.2 cm³/mol. The van der Waals surface area contributed by atoms with E-state index in [2.05, 4.69) is 23.7 Å². The minimum absolute atomic E-state index is 0.318. The highest BCUT2D eigenvalue weighted by Crippen LogP contribution is 2.32. The molecule has 4 heteroatoms. The van der Waals surface area contributed by atoms with Gasteiger partial charge in [-0.1, -0.05) is 24.3 Å². The normalized spacial score (nSPS) is 22.0. The molecule has 1 atom stereocenters. The monoisotopic (exact) mass is 286 g/mol. The molecule has 4 nitrogen and oxygen atoms in total.